The van der Waals surface area contributed by atoms with E-state index in [1.165, 1.54) is 19.2 Å². The van der Waals surface area contributed by atoms with Crippen LogP contribution in [-0.4, -0.2) is 38.4 Å². The van der Waals surface area contributed by atoms with Crippen LogP contribution in [0, 0.1) is 25.6 Å². The third-order valence-corrected chi connectivity index (χ3v) is 6.76. The number of aryl methyl sites for hydroxylation is 2. The fourth-order valence-corrected chi connectivity index (χ4v) is 5.16. The van der Waals surface area contributed by atoms with Crippen molar-refractivity contribution >= 4 is 24.1 Å². The number of methoxy groups -OCH3 is 2. The van der Waals surface area contributed by atoms with Gasteiger partial charge in [-0.1, -0.05) is 23.4 Å². The molecule has 1 aliphatic rings. The summed E-state index contributed by atoms with van der Waals surface area (Å²) in [5.74, 6) is 0.497. The largest absolute Gasteiger partial charge is 0.495 e. The van der Waals surface area contributed by atoms with Crippen LogP contribution in [-0.2, 0) is 9.53 Å². The van der Waals surface area contributed by atoms with Crippen molar-refractivity contribution in [2.45, 2.75) is 38.6 Å². The van der Waals surface area contributed by atoms with Gasteiger partial charge in [-0.2, -0.15) is 0 Å². The van der Waals surface area contributed by atoms with Crippen molar-refractivity contribution in [3.8, 4) is 16.9 Å². The molecule has 6 nitrogen and oxygen atoms in total. The summed E-state index contributed by atoms with van der Waals surface area (Å²) in [5, 5.41) is 4.08. The maximum atomic E-state index is 13.6. The zero-order valence-electron chi connectivity index (χ0n) is 20.0. The minimum absolute atomic E-state index is 0. The van der Waals surface area contributed by atoms with Gasteiger partial charge in [0.1, 0.15) is 17.3 Å². The molecule has 8 heteroatoms. The normalized spacial score (nSPS) is 19.4. The number of benzene rings is 2. The van der Waals surface area contributed by atoms with Crippen LogP contribution in [0.5, 0.6) is 5.75 Å². The molecule has 3 unspecified atom stereocenters. The van der Waals surface area contributed by atoms with Gasteiger partial charge in [0.05, 0.1) is 31.5 Å². The zero-order chi connectivity index (χ0) is 23.7. The van der Waals surface area contributed by atoms with Gasteiger partial charge in [0, 0.05) is 24.6 Å². The monoisotopic (exact) mass is 488 g/mol. The topological polar surface area (TPSA) is 64.8 Å². The first-order valence-electron chi connectivity index (χ1n) is 11.0. The summed E-state index contributed by atoms with van der Waals surface area (Å²) < 4.78 is 29.8. The van der Waals surface area contributed by atoms with Crippen LogP contribution in [0.4, 0.5) is 10.1 Å². The highest BCUT2D eigenvalue weighted by Gasteiger charge is 2.44. The Balaban J connectivity index is 0.00000324. The number of rotatable bonds is 6. The molecule has 0 bridgehead atoms. The number of likely N-dealkylation sites (N-methyl/N-ethyl adjacent to an activating group) is 1. The number of nitrogens with zero attached hydrogens (tertiary/aromatic N) is 2. The summed E-state index contributed by atoms with van der Waals surface area (Å²) in [6.07, 6.45) is 1.48. The Kier molecular flexibility index (Phi) is 7.87. The van der Waals surface area contributed by atoms with Gasteiger partial charge >= 0.3 is 5.97 Å². The first-order chi connectivity index (χ1) is 15.8. The number of hydrogen-bond donors (Lipinski definition) is 0. The maximum absolute atomic E-state index is 13.6. The number of ether oxygens (including phenoxy) is 2. The molecule has 1 saturated carbocycles. The number of aromatic nitrogens is 1. The van der Waals surface area contributed by atoms with Crippen LogP contribution in [0.1, 0.15) is 35.8 Å². The van der Waals surface area contributed by atoms with E-state index in [2.05, 4.69) is 16.1 Å². The minimum Gasteiger partial charge on any atom is -0.495 e. The van der Waals surface area contributed by atoms with Gasteiger partial charge in [-0.05, 0) is 62.1 Å². The molecule has 0 radical (unpaired) electrons. The van der Waals surface area contributed by atoms with Crippen LogP contribution >= 0.6 is 12.4 Å². The molecule has 0 amide bonds. The van der Waals surface area contributed by atoms with Crippen LogP contribution < -0.4 is 9.64 Å². The predicted octanol–water partition coefficient (Wildman–Crippen LogP) is 5.70. The van der Waals surface area contributed by atoms with Gasteiger partial charge in [-0.3, -0.25) is 4.79 Å². The number of esters is 1. The Bertz CT molecular complexity index is 1130. The second kappa shape index (κ2) is 10.5. The van der Waals surface area contributed by atoms with E-state index in [-0.39, 0.29) is 42.1 Å². The molecule has 4 rings (SSSR count). The quantitative estimate of drug-likeness (QED) is 0.415. The predicted molar refractivity (Wildman–Crippen MR) is 131 cm³/mol. The van der Waals surface area contributed by atoms with Crippen LogP contribution in [0.2, 0.25) is 0 Å². The highest BCUT2D eigenvalue weighted by molar-refractivity contribution is 5.85. The van der Waals surface area contributed by atoms with E-state index in [0.29, 0.717) is 6.42 Å². The second-order valence-electron chi connectivity index (χ2n) is 8.55. The molecule has 2 aromatic carbocycles. The Hall–Kier alpha value is -3.06. The molecule has 0 aliphatic heterocycles. The van der Waals surface area contributed by atoms with Gasteiger partial charge in [0.25, 0.3) is 0 Å². The van der Waals surface area contributed by atoms with Crippen molar-refractivity contribution in [3.05, 3.63) is 65.3 Å². The lowest BCUT2D eigenvalue weighted by molar-refractivity contribution is -0.145. The van der Waals surface area contributed by atoms with Gasteiger partial charge < -0.3 is 18.9 Å². The van der Waals surface area contributed by atoms with Crippen LogP contribution in [0.25, 0.3) is 11.1 Å². The number of halogens is 2. The summed E-state index contributed by atoms with van der Waals surface area (Å²) in [7, 11) is 5.07. The third kappa shape index (κ3) is 4.62. The SMILES string of the molecule is COC(=O)C1CCC(N(C)c2cc(-c3c(C)noc3C)ccc2OC)C1c1ccc(F)cc1.Cl. The van der Waals surface area contributed by atoms with Crippen molar-refractivity contribution in [2.24, 2.45) is 5.92 Å². The highest BCUT2D eigenvalue weighted by atomic mass is 35.5. The number of hydrogen-bond acceptors (Lipinski definition) is 6. The number of carbonyl (C=O) groups is 1. The van der Waals surface area contributed by atoms with Crippen molar-refractivity contribution in [1.82, 2.24) is 5.16 Å². The molecule has 1 fully saturated rings. The maximum Gasteiger partial charge on any atom is 0.309 e. The first kappa shape index (κ1) is 25.6. The summed E-state index contributed by atoms with van der Waals surface area (Å²) in [6.45, 7) is 3.81. The lowest BCUT2D eigenvalue weighted by Crippen LogP contribution is -2.36. The molecular formula is C26H30ClFN2O4. The molecule has 0 saturated heterocycles. The van der Waals surface area contributed by atoms with E-state index >= 15 is 0 Å². The number of carbonyl (C=O) groups excluding carboxylic acids is 1. The van der Waals surface area contributed by atoms with Crippen LogP contribution in [0.3, 0.4) is 0 Å². The molecule has 1 aromatic heterocycles. The van der Waals surface area contributed by atoms with E-state index in [1.807, 2.05) is 33.0 Å². The lowest BCUT2D eigenvalue weighted by Gasteiger charge is -2.34. The molecule has 0 N–H and O–H groups in total. The Labute approximate surface area is 205 Å². The van der Waals surface area contributed by atoms with Crippen molar-refractivity contribution < 1.29 is 23.2 Å². The number of anilines is 1. The molecule has 1 heterocycles. The van der Waals surface area contributed by atoms with Gasteiger partial charge in [0.15, 0.2) is 0 Å². The van der Waals surface area contributed by atoms with Crippen LogP contribution in [0.15, 0.2) is 47.0 Å². The van der Waals surface area contributed by atoms with E-state index in [1.54, 1.807) is 19.2 Å². The summed E-state index contributed by atoms with van der Waals surface area (Å²) >= 11 is 0. The third-order valence-electron chi connectivity index (χ3n) is 6.76. The molecule has 3 aromatic rings. The lowest BCUT2D eigenvalue weighted by atomic mass is 9.85. The second-order valence-corrected chi connectivity index (χ2v) is 8.55. The zero-order valence-corrected chi connectivity index (χ0v) is 20.8. The smallest absolute Gasteiger partial charge is 0.309 e. The van der Waals surface area contributed by atoms with E-state index in [0.717, 1.165) is 46.0 Å². The standard InChI is InChI=1S/C26H29FN2O4.ClH/c1-15-24(16(2)33-28-15)18-8-13-23(31-4)22(14-18)29(3)21-12-11-20(26(30)32-5)25(21)17-6-9-19(27)10-7-17;/h6-10,13-14,20-21,25H,11-12H2,1-5H3;1H. The van der Waals surface area contributed by atoms with E-state index in [4.69, 9.17) is 14.0 Å². The Morgan fingerprint density at radius 3 is 2.41 bits per heavy atom. The summed E-state index contributed by atoms with van der Waals surface area (Å²) in [4.78, 5) is 14.8. The van der Waals surface area contributed by atoms with Crippen molar-refractivity contribution in [1.29, 1.82) is 0 Å². The molecular weight excluding hydrogens is 459 g/mol. The Morgan fingerprint density at radius 1 is 1.12 bits per heavy atom. The summed E-state index contributed by atoms with van der Waals surface area (Å²) in [6, 6.07) is 12.4. The minimum atomic E-state index is -0.301. The molecule has 3 atom stereocenters. The molecule has 1 aliphatic carbocycles. The van der Waals surface area contributed by atoms with Crippen molar-refractivity contribution in [3.63, 3.8) is 0 Å². The molecule has 182 valence electrons. The van der Waals surface area contributed by atoms with Gasteiger partial charge in [0.2, 0.25) is 0 Å². The molecule has 0 spiro atoms. The average molecular weight is 489 g/mol. The van der Waals surface area contributed by atoms with Gasteiger partial charge in [-0.15, -0.1) is 12.4 Å². The Morgan fingerprint density at radius 2 is 1.82 bits per heavy atom. The molecule has 34 heavy (non-hydrogen) atoms. The first-order valence-corrected chi connectivity index (χ1v) is 11.0. The van der Waals surface area contributed by atoms with E-state index < -0.39 is 0 Å². The van der Waals surface area contributed by atoms with Gasteiger partial charge in [-0.25, -0.2) is 4.39 Å². The van der Waals surface area contributed by atoms with Crippen molar-refractivity contribution in [2.75, 3.05) is 26.2 Å². The average Bonchev–Trinajstić information content (AvgIpc) is 3.41. The van der Waals surface area contributed by atoms with E-state index in [9.17, 15) is 9.18 Å². The fraction of sp³-hybridized carbons (Fsp3) is 0.385. The highest BCUT2D eigenvalue weighted by Crippen LogP contribution is 2.46. The summed E-state index contributed by atoms with van der Waals surface area (Å²) in [5.41, 5.74) is 4.58. The fourth-order valence-electron chi connectivity index (χ4n) is 5.16.